The summed E-state index contributed by atoms with van der Waals surface area (Å²) in [5, 5.41) is 26.5. The zero-order valence-corrected chi connectivity index (χ0v) is 20.1. The molecule has 2 aromatic heterocycles. The topological polar surface area (TPSA) is 96.2 Å². The number of anilines is 1. The van der Waals surface area contributed by atoms with Gasteiger partial charge in [-0.3, -0.25) is 4.79 Å². The van der Waals surface area contributed by atoms with Gasteiger partial charge in [-0.1, -0.05) is 0 Å². The normalized spacial score (nSPS) is 25.6. The molecule has 10 heteroatoms. The van der Waals surface area contributed by atoms with Crippen LogP contribution < -0.4 is 15.8 Å². The molecule has 184 valence electrons. The van der Waals surface area contributed by atoms with E-state index in [0.717, 1.165) is 42.5 Å². The molecule has 2 N–H and O–H groups in total. The van der Waals surface area contributed by atoms with Gasteiger partial charge in [0.05, 0.1) is 17.5 Å². The lowest BCUT2D eigenvalue weighted by Crippen LogP contribution is -2.58. The van der Waals surface area contributed by atoms with Crippen molar-refractivity contribution in [2.45, 2.75) is 56.7 Å². The number of phenols is 1. The molecule has 0 amide bonds. The maximum absolute atomic E-state index is 15.1. The number of hydrogen-bond acceptors (Lipinski definition) is 7. The van der Waals surface area contributed by atoms with Crippen molar-refractivity contribution >= 4 is 5.82 Å². The van der Waals surface area contributed by atoms with Crippen LogP contribution in [0.15, 0.2) is 35.3 Å². The van der Waals surface area contributed by atoms with Crippen LogP contribution in [0.4, 0.5) is 14.6 Å². The van der Waals surface area contributed by atoms with Gasteiger partial charge < -0.3 is 15.3 Å². The van der Waals surface area contributed by atoms with Crippen molar-refractivity contribution in [1.82, 2.24) is 25.3 Å². The second-order valence-electron chi connectivity index (χ2n) is 10.3. The monoisotopic (exact) mass is 482 g/mol. The minimum absolute atomic E-state index is 0.00834. The van der Waals surface area contributed by atoms with Gasteiger partial charge in [-0.05, 0) is 57.7 Å². The van der Waals surface area contributed by atoms with Gasteiger partial charge in [0, 0.05) is 48.4 Å². The SMILES string of the molecule is CN(c1ccc(-c2c(O)cc(-c3cnn(C)c(=O)c3)c(F)c2F)nn1)C1C[C@]2(C)CC[C@](C)(C1)N2. The molecule has 2 aliphatic rings. The Morgan fingerprint density at radius 2 is 1.80 bits per heavy atom. The highest BCUT2D eigenvalue weighted by molar-refractivity contribution is 5.75. The quantitative estimate of drug-likeness (QED) is 0.589. The van der Waals surface area contributed by atoms with E-state index in [1.807, 2.05) is 7.05 Å². The number of piperidine rings is 1. The minimum Gasteiger partial charge on any atom is -0.507 e. The molecule has 5 rings (SSSR count). The average Bonchev–Trinajstić information content (AvgIpc) is 3.04. The third-order valence-corrected chi connectivity index (χ3v) is 7.48. The Labute approximate surface area is 201 Å². The molecule has 2 saturated heterocycles. The summed E-state index contributed by atoms with van der Waals surface area (Å²) in [6, 6.07) is 5.69. The Hall–Kier alpha value is -3.40. The fraction of sp³-hybridized carbons (Fsp3) is 0.440. The lowest BCUT2D eigenvalue weighted by molar-refractivity contribution is 0.207. The van der Waals surface area contributed by atoms with Gasteiger partial charge in [-0.25, -0.2) is 13.5 Å². The van der Waals surface area contributed by atoms with Gasteiger partial charge in [0.15, 0.2) is 17.5 Å². The first-order valence-electron chi connectivity index (χ1n) is 11.6. The summed E-state index contributed by atoms with van der Waals surface area (Å²) in [5.41, 5.74) is -0.883. The number of aryl methyl sites for hydroxylation is 1. The van der Waals surface area contributed by atoms with E-state index in [-0.39, 0.29) is 39.5 Å². The second-order valence-corrected chi connectivity index (χ2v) is 10.3. The van der Waals surface area contributed by atoms with Crippen LogP contribution >= 0.6 is 0 Å². The average molecular weight is 483 g/mol. The van der Waals surface area contributed by atoms with E-state index in [0.29, 0.717) is 5.82 Å². The molecule has 2 fully saturated rings. The van der Waals surface area contributed by atoms with E-state index in [1.54, 1.807) is 6.07 Å². The number of halogens is 2. The largest absolute Gasteiger partial charge is 0.507 e. The van der Waals surface area contributed by atoms with Crippen LogP contribution in [0.25, 0.3) is 22.4 Å². The highest BCUT2D eigenvalue weighted by Crippen LogP contribution is 2.44. The van der Waals surface area contributed by atoms with Crippen molar-refractivity contribution in [3.63, 3.8) is 0 Å². The van der Waals surface area contributed by atoms with Crippen molar-refractivity contribution in [2.24, 2.45) is 7.05 Å². The first kappa shape index (κ1) is 23.3. The predicted molar refractivity (Wildman–Crippen MR) is 128 cm³/mol. The van der Waals surface area contributed by atoms with E-state index in [4.69, 9.17) is 0 Å². The molecule has 2 aliphatic heterocycles. The number of rotatable bonds is 4. The maximum atomic E-state index is 15.1. The Kier molecular flexibility index (Phi) is 5.39. The standard InChI is InChI=1S/C25H28F2N6O2/c1-24-7-8-25(2,31-24)12-15(11-24)32(3)19-6-5-17(29-30-19)21-18(34)10-16(22(26)23(21)27)14-9-20(35)33(4)28-13-14/h5-6,9-10,13,15,31,34H,7-8,11-12H2,1-4H3/t15?,24-,25+. The zero-order chi connectivity index (χ0) is 25.1. The van der Waals surface area contributed by atoms with Crippen molar-refractivity contribution < 1.29 is 13.9 Å². The van der Waals surface area contributed by atoms with Crippen LogP contribution in [0.3, 0.4) is 0 Å². The summed E-state index contributed by atoms with van der Waals surface area (Å²) in [6.07, 6.45) is 5.44. The molecule has 0 radical (unpaired) electrons. The van der Waals surface area contributed by atoms with Gasteiger partial charge in [0.25, 0.3) is 5.56 Å². The Bertz CT molecular complexity index is 1340. The maximum Gasteiger partial charge on any atom is 0.267 e. The summed E-state index contributed by atoms with van der Waals surface area (Å²) in [6.45, 7) is 4.50. The number of nitrogens with zero attached hydrogens (tertiary/aromatic N) is 5. The van der Waals surface area contributed by atoms with E-state index >= 15 is 4.39 Å². The van der Waals surface area contributed by atoms with Gasteiger partial charge >= 0.3 is 0 Å². The van der Waals surface area contributed by atoms with Gasteiger partial charge in [0.1, 0.15) is 5.75 Å². The van der Waals surface area contributed by atoms with Crippen molar-refractivity contribution in [2.75, 3.05) is 11.9 Å². The molecule has 8 nitrogen and oxygen atoms in total. The fourth-order valence-corrected chi connectivity index (χ4v) is 5.61. The molecule has 0 spiro atoms. The first-order valence-corrected chi connectivity index (χ1v) is 11.6. The molecular formula is C25H28F2N6O2. The van der Waals surface area contributed by atoms with E-state index in [1.165, 1.54) is 19.3 Å². The van der Waals surface area contributed by atoms with Crippen LogP contribution in [0.5, 0.6) is 5.75 Å². The van der Waals surface area contributed by atoms with Gasteiger partial charge in [-0.2, -0.15) is 5.10 Å². The number of aromatic nitrogens is 4. The molecule has 0 saturated carbocycles. The lowest BCUT2D eigenvalue weighted by atomic mass is 9.84. The molecule has 3 aromatic rings. The molecular weight excluding hydrogens is 454 g/mol. The third-order valence-electron chi connectivity index (χ3n) is 7.48. The van der Waals surface area contributed by atoms with Crippen LogP contribution in [-0.2, 0) is 7.05 Å². The van der Waals surface area contributed by atoms with Crippen LogP contribution in [0, 0.1) is 11.6 Å². The molecule has 2 bridgehead atoms. The Balaban J connectivity index is 1.44. The summed E-state index contributed by atoms with van der Waals surface area (Å²) >= 11 is 0. The minimum atomic E-state index is -1.27. The summed E-state index contributed by atoms with van der Waals surface area (Å²) in [5.74, 6) is -2.37. The third kappa shape index (κ3) is 4.05. The Morgan fingerprint density at radius 1 is 1.11 bits per heavy atom. The number of aromatic hydroxyl groups is 1. The molecule has 35 heavy (non-hydrogen) atoms. The van der Waals surface area contributed by atoms with Gasteiger partial charge in [-0.15, -0.1) is 10.2 Å². The lowest BCUT2D eigenvalue weighted by Gasteiger charge is -2.45. The van der Waals surface area contributed by atoms with Crippen molar-refractivity contribution in [3.8, 4) is 28.1 Å². The van der Waals surface area contributed by atoms with E-state index in [9.17, 15) is 14.3 Å². The molecule has 1 unspecified atom stereocenters. The first-order chi connectivity index (χ1) is 16.5. The smallest absolute Gasteiger partial charge is 0.267 e. The number of hydrogen-bond donors (Lipinski definition) is 2. The van der Waals surface area contributed by atoms with Crippen LogP contribution in [0.2, 0.25) is 0 Å². The number of fused-ring (bicyclic) bond motifs is 2. The zero-order valence-electron chi connectivity index (χ0n) is 20.1. The van der Waals surface area contributed by atoms with E-state index in [2.05, 4.69) is 39.4 Å². The Morgan fingerprint density at radius 3 is 2.40 bits per heavy atom. The van der Waals surface area contributed by atoms with Crippen LogP contribution in [0.1, 0.15) is 39.5 Å². The fourth-order valence-electron chi connectivity index (χ4n) is 5.61. The summed E-state index contributed by atoms with van der Waals surface area (Å²) in [4.78, 5) is 13.9. The number of benzene rings is 1. The van der Waals surface area contributed by atoms with Crippen molar-refractivity contribution in [3.05, 3.63) is 52.5 Å². The second kappa shape index (κ2) is 8.08. The van der Waals surface area contributed by atoms with E-state index < -0.39 is 22.9 Å². The number of nitrogens with one attached hydrogen (secondary N) is 1. The molecule has 0 aliphatic carbocycles. The van der Waals surface area contributed by atoms with Crippen LogP contribution in [-0.4, -0.2) is 49.3 Å². The highest BCUT2D eigenvalue weighted by Gasteiger charge is 2.49. The molecule has 1 aromatic carbocycles. The summed E-state index contributed by atoms with van der Waals surface area (Å²) < 4.78 is 31.1. The van der Waals surface area contributed by atoms with Gasteiger partial charge in [0.2, 0.25) is 0 Å². The highest BCUT2D eigenvalue weighted by atomic mass is 19.2. The summed E-state index contributed by atoms with van der Waals surface area (Å²) in [7, 11) is 3.41. The number of phenolic OH excluding ortho intramolecular Hbond substituents is 1. The van der Waals surface area contributed by atoms with Crippen molar-refractivity contribution in [1.29, 1.82) is 0 Å². The molecule has 4 heterocycles. The molecule has 3 atom stereocenters. The predicted octanol–water partition coefficient (Wildman–Crippen LogP) is 3.39.